The van der Waals surface area contributed by atoms with E-state index < -0.39 is 0 Å². The summed E-state index contributed by atoms with van der Waals surface area (Å²) in [6.45, 7) is 3.19. The van der Waals surface area contributed by atoms with Gasteiger partial charge >= 0.3 is 0 Å². The van der Waals surface area contributed by atoms with E-state index in [1.54, 1.807) is 0 Å². The molecule has 1 aromatic rings. The molecule has 0 aliphatic carbocycles. The molecule has 1 aromatic carbocycles. The fraction of sp³-hybridized carbons (Fsp3) is 0.417. The number of nitrogens with zero attached hydrogens (tertiary/aromatic N) is 1. The molecule has 80 valence electrons. The van der Waals surface area contributed by atoms with Crippen LogP contribution in [0.25, 0.3) is 0 Å². The Balaban J connectivity index is 2.26. The first-order chi connectivity index (χ1) is 7.16. The molecule has 2 rings (SSSR count). The topological polar surface area (TPSA) is 12.4 Å². The lowest BCUT2D eigenvalue weighted by molar-refractivity contribution is 0.538. The van der Waals surface area contributed by atoms with E-state index in [0.29, 0.717) is 0 Å². The first-order valence-electron chi connectivity index (χ1n) is 5.15. The summed E-state index contributed by atoms with van der Waals surface area (Å²) in [5, 5.41) is 0.758. The summed E-state index contributed by atoms with van der Waals surface area (Å²) in [7, 11) is 0. The van der Waals surface area contributed by atoms with Gasteiger partial charge in [-0.25, -0.2) is 0 Å². The zero-order chi connectivity index (χ0) is 10.8. The van der Waals surface area contributed by atoms with Crippen molar-refractivity contribution in [2.75, 3.05) is 6.54 Å². The summed E-state index contributed by atoms with van der Waals surface area (Å²) in [6, 6.07) is 6.05. The fourth-order valence-electron chi connectivity index (χ4n) is 1.73. The minimum atomic E-state index is 0.722. The number of aliphatic imine (C=N–C) groups is 1. The molecule has 1 nitrogen and oxygen atoms in total. The molecule has 0 fully saturated rings. The molecule has 0 spiro atoms. The smallest absolute Gasteiger partial charge is 0.0554 e. The van der Waals surface area contributed by atoms with Gasteiger partial charge in [0.25, 0.3) is 0 Å². The quantitative estimate of drug-likeness (QED) is 0.729. The zero-order valence-electron chi connectivity index (χ0n) is 8.63. The molecule has 0 saturated carbocycles. The van der Waals surface area contributed by atoms with Crippen LogP contribution in [-0.4, -0.2) is 12.3 Å². The van der Waals surface area contributed by atoms with Gasteiger partial charge in [0.15, 0.2) is 0 Å². The number of rotatable bonds is 1. The van der Waals surface area contributed by atoms with E-state index in [4.69, 9.17) is 11.6 Å². The summed E-state index contributed by atoms with van der Waals surface area (Å²) in [5.41, 5.74) is 2.36. The van der Waals surface area contributed by atoms with E-state index in [0.717, 1.165) is 33.9 Å². The Morgan fingerprint density at radius 1 is 1.47 bits per heavy atom. The average molecular weight is 287 g/mol. The van der Waals surface area contributed by atoms with Gasteiger partial charge in [0.05, 0.1) is 5.02 Å². The first kappa shape index (κ1) is 11.2. The minimum Gasteiger partial charge on any atom is -0.289 e. The van der Waals surface area contributed by atoms with Crippen molar-refractivity contribution in [2.24, 2.45) is 10.9 Å². The first-order valence-corrected chi connectivity index (χ1v) is 6.32. The van der Waals surface area contributed by atoms with Crippen molar-refractivity contribution in [1.29, 1.82) is 0 Å². The molecule has 3 heteroatoms. The third kappa shape index (κ3) is 2.61. The molecule has 0 aromatic heterocycles. The molecule has 1 heterocycles. The van der Waals surface area contributed by atoms with Gasteiger partial charge in [-0.15, -0.1) is 0 Å². The molecular formula is C12H13BrClN. The van der Waals surface area contributed by atoms with Crippen LogP contribution in [0.2, 0.25) is 5.02 Å². The van der Waals surface area contributed by atoms with E-state index in [-0.39, 0.29) is 0 Å². The van der Waals surface area contributed by atoms with E-state index in [1.807, 2.05) is 12.1 Å². The van der Waals surface area contributed by atoms with E-state index >= 15 is 0 Å². The molecule has 1 atom stereocenters. The standard InChI is InChI=1S/C12H13BrClN/c1-8-2-5-12(15-7-8)9-3-4-10(13)11(14)6-9/h3-4,6,8H,2,5,7H2,1H3. The third-order valence-electron chi connectivity index (χ3n) is 2.72. The normalized spacial score (nSPS) is 21.3. The lowest BCUT2D eigenvalue weighted by Crippen LogP contribution is -2.14. The van der Waals surface area contributed by atoms with Crippen LogP contribution in [0.3, 0.4) is 0 Å². The Kier molecular flexibility index (Phi) is 3.47. The molecule has 15 heavy (non-hydrogen) atoms. The number of halogens is 2. The fourth-order valence-corrected chi connectivity index (χ4v) is 2.16. The molecule has 0 N–H and O–H groups in total. The second-order valence-electron chi connectivity index (χ2n) is 4.06. The van der Waals surface area contributed by atoms with Crippen LogP contribution >= 0.6 is 27.5 Å². The summed E-state index contributed by atoms with van der Waals surface area (Å²) in [6.07, 6.45) is 2.30. The number of benzene rings is 1. The van der Waals surface area contributed by atoms with Crippen molar-refractivity contribution in [1.82, 2.24) is 0 Å². The Labute approximate surface area is 104 Å². The summed E-state index contributed by atoms with van der Waals surface area (Å²) < 4.78 is 0.942. The monoisotopic (exact) mass is 285 g/mol. The van der Waals surface area contributed by atoms with Gasteiger partial charge < -0.3 is 0 Å². The average Bonchev–Trinajstić information content (AvgIpc) is 2.23. The Hall–Kier alpha value is -0.340. The van der Waals surface area contributed by atoms with Crippen molar-refractivity contribution in [2.45, 2.75) is 19.8 Å². The van der Waals surface area contributed by atoms with Gasteiger partial charge in [0, 0.05) is 16.7 Å². The highest BCUT2D eigenvalue weighted by molar-refractivity contribution is 9.10. The lowest BCUT2D eigenvalue weighted by Gasteiger charge is -2.17. The van der Waals surface area contributed by atoms with Crippen molar-refractivity contribution in [3.05, 3.63) is 33.3 Å². The molecule has 0 radical (unpaired) electrons. The maximum atomic E-state index is 6.06. The molecule has 0 bridgehead atoms. The molecule has 0 saturated heterocycles. The molecule has 0 amide bonds. The van der Waals surface area contributed by atoms with E-state index in [1.165, 1.54) is 12.1 Å². The lowest BCUT2D eigenvalue weighted by atomic mass is 9.96. The van der Waals surface area contributed by atoms with Crippen LogP contribution in [0.15, 0.2) is 27.7 Å². The molecule has 1 unspecified atom stereocenters. The van der Waals surface area contributed by atoms with Gasteiger partial charge in [-0.3, -0.25) is 4.99 Å². The molecule has 1 aliphatic rings. The number of hydrogen-bond acceptors (Lipinski definition) is 1. The van der Waals surface area contributed by atoms with E-state index in [9.17, 15) is 0 Å². The molecular weight excluding hydrogens is 273 g/mol. The maximum absolute atomic E-state index is 6.06. The summed E-state index contributed by atoms with van der Waals surface area (Å²) in [4.78, 5) is 4.59. The summed E-state index contributed by atoms with van der Waals surface area (Å²) in [5.74, 6) is 0.722. The van der Waals surface area contributed by atoms with Gasteiger partial charge in [-0.1, -0.05) is 24.6 Å². The second-order valence-corrected chi connectivity index (χ2v) is 5.32. The highest BCUT2D eigenvalue weighted by Gasteiger charge is 2.13. The van der Waals surface area contributed by atoms with Gasteiger partial charge in [-0.05, 0) is 52.4 Å². The van der Waals surface area contributed by atoms with Crippen molar-refractivity contribution < 1.29 is 0 Å². The molecule has 1 aliphatic heterocycles. The van der Waals surface area contributed by atoms with Gasteiger partial charge in [0.2, 0.25) is 0 Å². The van der Waals surface area contributed by atoms with E-state index in [2.05, 4.69) is 33.9 Å². The Morgan fingerprint density at radius 3 is 2.87 bits per heavy atom. The van der Waals surface area contributed by atoms with Crippen molar-refractivity contribution >= 4 is 33.2 Å². The van der Waals surface area contributed by atoms with Crippen LogP contribution in [0.4, 0.5) is 0 Å². The second kappa shape index (κ2) is 4.67. The zero-order valence-corrected chi connectivity index (χ0v) is 11.0. The highest BCUT2D eigenvalue weighted by Crippen LogP contribution is 2.25. The SMILES string of the molecule is CC1CCC(c2ccc(Br)c(Cl)c2)=NC1. The van der Waals surface area contributed by atoms with Gasteiger partial charge in [-0.2, -0.15) is 0 Å². The minimum absolute atomic E-state index is 0.722. The van der Waals surface area contributed by atoms with Crippen LogP contribution in [0.5, 0.6) is 0 Å². The van der Waals surface area contributed by atoms with Gasteiger partial charge in [0.1, 0.15) is 0 Å². The van der Waals surface area contributed by atoms with Crippen molar-refractivity contribution in [3.63, 3.8) is 0 Å². The predicted octanol–water partition coefficient (Wildman–Crippen LogP) is 4.32. The Morgan fingerprint density at radius 2 is 2.27 bits per heavy atom. The highest BCUT2D eigenvalue weighted by atomic mass is 79.9. The van der Waals surface area contributed by atoms with Crippen molar-refractivity contribution in [3.8, 4) is 0 Å². The maximum Gasteiger partial charge on any atom is 0.0554 e. The van der Waals surface area contributed by atoms with Crippen LogP contribution in [0, 0.1) is 5.92 Å². The summed E-state index contributed by atoms with van der Waals surface area (Å²) >= 11 is 9.45. The van der Waals surface area contributed by atoms with Crippen LogP contribution in [-0.2, 0) is 0 Å². The third-order valence-corrected chi connectivity index (χ3v) is 3.95. The predicted molar refractivity (Wildman–Crippen MR) is 69.0 cm³/mol. The Bertz CT molecular complexity index is 401. The van der Waals surface area contributed by atoms with Crippen LogP contribution < -0.4 is 0 Å². The number of hydrogen-bond donors (Lipinski definition) is 0. The van der Waals surface area contributed by atoms with Crippen LogP contribution in [0.1, 0.15) is 25.3 Å². The largest absolute Gasteiger partial charge is 0.289 e.